The summed E-state index contributed by atoms with van der Waals surface area (Å²) in [5.74, 6) is 0.924. The summed E-state index contributed by atoms with van der Waals surface area (Å²) in [4.78, 5) is 10.5. The van der Waals surface area contributed by atoms with E-state index < -0.39 is 0 Å². The summed E-state index contributed by atoms with van der Waals surface area (Å²) < 4.78 is 2.33. The average molecular weight is 1010 g/mol. The van der Waals surface area contributed by atoms with Crippen LogP contribution in [0.25, 0.3) is 72.7 Å². The number of nitrogens with zero attached hydrogens (tertiary/aromatic N) is 3. The molecule has 0 spiro atoms. The molecule has 0 radical (unpaired) electrons. The Kier molecular flexibility index (Phi) is 12.2. The number of aromatic hydroxyl groups is 1. The molecule has 0 amide bonds. The Morgan fingerprint density at radius 1 is 0.492 bits per heavy atom. The van der Waals surface area contributed by atoms with Gasteiger partial charge in [0.15, 0.2) is 0 Å². The van der Waals surface area contributed by atoms with Gasteiger partial charge in [-0.25, -0.2) is 4.98 Å². The van der Waals surface area contributed by atoms with Gasteiger partial charge >= 0.3 is 0 Å². The Bertz CT molecular complexity index is 2860. The van der Waals surface area contributed by atoms with Crippen LogP contribution in [0.3, 0.4) is 0 Å². The maximum absolute atomic E-state index is 12.7. The number of phenolic OH excluding ortho intramolecular Hbond substituents is 1. The third-order valence-corrected chi connectivity index (χ3v) is 12.0. The topological polar surface area (TPSA) is 50.9 Å². The standard InChI is InChI=1S/C58H60N3O.Pt/c1-55(2,3)41-31-39(30-40(32-41)49-27-19-20-29-59-49)44-26-21-28-50-51(44)60-54(47-35-43(57(7,8)9)36-48(53(47)62)58(10,11)12)61(50)52-45(37-22-15-13-16-23-37)33-42(56(4,5)6)34-46(52)38-24-17-14-18-25-38;/h13-29,31-36,62H,1-12H3;/q-1;. The molecule has 8 rings (SSSR count). The summed E-state index contributed by atoms with van der Waals surface area (Å²) in [6.07, 6.45) is 1.84. The van der Waals surface area contributed by atoms with Crippen LogP contribution in [0.1, 0.15) is 105 Å². The van der Waals surface area contributed by atoms with Gasteiger partial charge in [-0.3, -0.25) is 9.55 Å². The predicted octanol–water partition coefficient (Wildman–Crippen LogP) is 15.4. The van der Waals surface area contributed by atoms with E-state index in [1.54, 1.807) is 0 Å². The first-order valence-corrected chi connectivity index (χ1v) is 21.9. The summed E-state index contributed by atoms with van der Waals surface area (Å²) in [6.45, 7) is 26.8. The van der Waals surface area contributed by atoms with Gasteiger partial charge in [-0.1, -0.05) is 185 Å². The van der Waals surface area contributed by atoms with E-state index in [0.717, 1.165) is 72.5 Å². The molecule has 63 heavy (non-hydrogen) atoms. The van der Waals surface area contributed by atoms with Crippen molar-refractivity contribution in [2.75, 3.05) is 0 Å². The first-order chi connectivity index (χ1) is 29.2. The Labute approximate surface area is 389 Å². The van der Waals surface area contributed by atoms with E-state index in [1.807, 2.05) is 24.4 Å². The molecule has 5 heteroatoms. The normalized spacial score (nSPS) is 12.4. The van der Waals surface area contributed by atoms with E-state index in [2.05, 4.69) is 209 Å². The molecular formula is C58H60N3OPt-. The number of para-hydroxylation sites is 1. The number of hydrogen-bond acceptors (Lipinski definition) is 3. The molecule has 0 aliphatic carbocycles. The zero-order valence-corrected chi connectivity index (χ0v) is 41.2. The number of rotatable bonds is 6. The average Bonchev–Trinajstić information content (AvgIpc) is 3.61. The van der Waals surface area contributed by atoms with Crippen molar-refractivity contribution in [2.45, 2.75) is 105 Å². The van der Waals surface area contributed by atoms with Gasteiger partial charge in [0.25, 0.3) is 0 Å². The van der Waals surface area contributed by atoms with E-state index >= 15 is 0 Å². The van der Waals surface area contributed by atoms with E-state index in [4.69, 9.17) is 9.97 Å². The number of hydrogen-bond donors (Lipinski definition) is 1. The van der Waals surface area contributed by atoms with Crippen LogP contribution in [-0.4, -0.2) is 19.6 Å². The van der Waals surface area contributed by atoms with Crippen molar-refractivity contribution in [3.05, 3.63) is 168 Å². The molecule has 0 aliphatic rings. The third kappa shape index (κ3) is 8.98. The molecule has 6 aromatic carbocycles. The van der Waals surface area contributed by atoms with Crippen molar-refractivity contribution < 1.29 is 26.2 Å². The van der Waals surface area contributed by atoms with Gasteiger partial charge < -0.3 is 5.11 Å². The largest absolute Gasteiger partial charge is 0.507 e. The second-order valence-corrected chi connectivity index (χ2v) is 20.9. The van der Waals surface area contributed by atoms with Crippen LogP contribution < -0.4 is 0 Å². The number of benzene rings is 6. The van der Waals surface area contributed by atoms with Crippen LogP contribution >= 0.6 is 0 Å². The summed E-state index contributed by atoms with van der Waals surface area (Å²) in [5, 5.41) is 12.7. The fourth-order valence-electron chi connectivity index (χ4n) is 8.33. The summed E-state index contributed by atoms with van der Waals surface area (Å²) in [7, 11) is 0. The monoisotopic (exact) mass is 1010 g/mol. The van der Waals surface area contributed by atoms with Crippen molar-refractivity contribution in [1.82, 2.24) is 14.5 Å². The van der Waals surface area contributed by atoms with Gasteiger partial charge in [0.05, 0.1) is 22.3 Å². The fraction of sp³-hybridized carbons (Fsp3) is 0.276. The molecule has 8 aromatic rings. The maximum Gasteiger partial charge on any atom is 0.148 e. The minimum atomic E-state index is -0.342. The summed E-state index contributed by atoms with van der Waals surface area (Å²) >= 11 is 0. The predicted molar refractivity (Wildman–Crippen MR) is 261 cm³/mol. The Hall–Kier alpha value is -5.57. The second kappa shape index (κ2) is 16.9. The quantitative estimate of drug-likeness (QED) is 0.169. The third-order valence-electron chi connectivity index (χ3n) is 12.0. The van der Waals surface area contributed by atoms with E-state index in [0.29, 0.717) is 11.4 Å². The molecule has 0 aliphatic heterocycles. The molecule has 4 nitrogen and oxygen atoms in total. The van der Waals surface area contributed by atoms with Crippen LogP contribution in [-0.2, 0) is 42.7 Å². The summed E-state index contributed by atoms with van der Waals surface area (Å²) in [6, 6.07) is 51.3. The Morgan fingerprint density at radius 3 is 1.52 bits per heavy atom. The number of phenols is 1. The molecule has 0 bridgehead atoms. The van der Waals surface area contributed by atoms with Gasteiger partial charge in [0, 0.05) is 49.6 Å². The van der Waals surface area contributed by atoms with Crippen molar-refractivity contribution in [3.8, 4) is 67.5 Å². The molecule has 2 heterocycles. The van der Waals surface area contributed by atoms with E-state index in [9.17, 15) is 5.11 Å². The molecule has 0 fully saturated rings. The zero-order valence-electron chi connectivity index (χ0n) is 38.9. The minimum Gasteiger partial charge on any atom is -0.507 e. The number of imidazole rings is 1. The number of pyridine rings is 1. The van der Waals surface area contributed by atoms with Crippen molar-refractivity contribution >= 4 is 11.0 Å². The first-order valence-electron chi connectivity index (χ1n) is 21.9. The van der Waals surface area contributed by atoms with E-state index in [-0.39, 0.29) is 48.5 Å². The van der Waals surface area contributed by atoms with Crippen LogP contribution in [0.4, 0.5) is 0 Å². The fourth-order valence-corrected chi connectivity index (χ4v) is 8.33. The van der Waals surface area contributed by atoms with Crippen LogP contribution in [0, 0.1) is 6.07 Å². The molecular weight excluding hydrogens is 950 g/mol. The second-order valence-electron chi connectivity index (χ2n) is 20.9. The Morgan fingerprint density at radius 2 is 1.00 bits per heavy atom. The zero-order chi connectivity index (χ0) is 44.4. The maximum atomic E-state index is 12.7. The molecule has 324 valence electrons. The molecule has 0 atom stereocenters. The van der Waals surface area contributed by atoms with Gasteiger partial charge in [-0.05, 0) is 74.2 Å². The van der Waals surface area contributed by atoms with E-state index in [1.165, 1.54) is 11.1 Å². The SMILES string of the molecule is CC(C)(C)c1cc(-c2ccccn2)[c-]c(-c2cccc3c2nc(-c2cc(C(C)(C)C)cc(C(C)(C)C)c2O)n3-c2c(-c3ccccc3)cc(C(C)(C)C)cc2-c2ccccc2)c1.[Pt]. The minimum absolute atomic E-state index is 0. The summed E-state index contributed by atoms with van der Waals surface area (Å²) in [5.41, 5.74) is 15.2. The molecule has 0 saturated heterocycles. The molecule has 0 saturated carbocycles. The van der Waals surface area contributed by atoms with Gasteiger partial charge in [0.1, 0.15) is 11.6 Å². The van der Waals surface area contributed by atoms with Crippen molar-refractivity contribution in [2.24, 2.45) is 0 Å². The molecule has 1 N–H and O–H groups in total. The number of fused-ring (bicyclic) bond motifs is 1. The van der Waals surface area contributed by atoms with Crippen molar-refractivity contribution in [3.63, 3.8) is 0 Å². The smallest absolute Gasteiger partial charge is 0.148 e. The van der Waals surface area contributed by atoms with Crippen molar-refractivity contribution in [1.29, 1.82) is 0 Å². The molecule has 2 aromatic heterocycles. The van der Waals surface area contributed by atoms with Gasteiger partial charge in [-0.15, -0.1) is 29.3 Å². The van der Waals surface area contributed by atoms with Crippen LogP contribution in [0.15, 0.2) is 140 Å². The first kappa shape index (κ1) is 45.5. The van der Waals surface area contributed by atoms with Gasteiger partial charge in [-0.2, -0.15) is 0 Å². The number of aromatic nitrogens is 3. The molecule has 0 unspecified atom stereocenters. The Balaban J connectivity index is 0.00000595. The van der Waals surface area contributed by atoms with Crippen LogP contribution in [0.5, 0.6) is 5.75 Å². The van der Waals surface area contributed by atoms with Gasteiger partial charge in [0.2, 0.25) is 0 Å². The van der Waals surface area contributed by atoms with Crippen LogP contribution in [0.2, 0.25) is 0 Å².